The van der Waals surface area contributed by atoms with Crippen LogP contribution in [0.2, 0.25) is 0 Å². The molecule has 0 aliphatic heterocycles. The molecule has 0 spiro atoms. The number of fused-ring (bicyclic) bond motifs is 2. The van der Waals surface area contributed by atoms with Gasteiger partial charge in [-0.15, -0.1) is 11.3 Å². The molecular weight excluding hydrogens is 252 g/mol. The van der Waals surface area contributed by atoms with Crippen LogP contribution in [0.4, 0.5) is 0 Å². The molecule has 4 unspecified atom stereocenters. The number of nitrogens with zero attached hydrogens (tertiary/aromatic N) is 1. The first-order valence-corrected chi connectivity index (χ1v) is 8.39. The molecule has 1 aromatic heterocycles. The first-order chi connectivity index (χ1) is 8.83. The van der Waals surface area contributed by atoms with Crippen molar-refractivity contribution in [3.8, 4) is 0 Å². The van der Waals surface area contributed by atoms with E-state index in [1.807, 2.05) is 0 Å². The van der Waals surface area contributed by atoms with Gasteiger partial charge < -0.3 is 5.32 Å². The quantitative estimate of drug-likeness (QED) is 0.891. The molecule has 106 valence electrons. The third kappa shape index (κ3) is 2.06. The van der Waals surface area contributed by atoms with Gasteiger partial charge in [0.25, 0.3) is 0 Å². The predicted molar refractivity (Wildman–Crippen MR) is 81.4 cm³/mol. The van der Waals surface area contributed by atoms with Crippen LogP contribution >= 0.6 is 11.3 Å². The Labute approximate surface area is 121 Å². The Balaban J connectivity index is 1.79. The maximum atomic E-state index is 4.64. The van der Waals surface area contributed by atoms with Crippen molar-refractivity contribution in [3.63, 3.8) is 0 Å². The summed E-state index contributed by atoms with van der Waals surface area (Å²) in [6.45, 7) is 11.7. The topological polar surface area (TPSA) is 24.9 Å². The van der Waals surface area contributed by atoms with Crippen LogP contribution in [0.5, 0.6) is 0 Å². The SMILES string of the molecule is Cc1nc(C(C)NC2C3(C)CCC(C3)C2(C)C)cs1. The van der Waals surface area contributed by atoms with E-state index in [9.17, 15) is 0 Å². The molecule has 2 aliphatic carbocycles. The van der Waals surface area contributed by atoms with Gasteiger partial charge in [0.15, 0.2) is 0 Å². The summed E-state index contributed by atoms with van der Waals surface area (Å²) in [4.78, 5) is 4.64. The van der Waals surface area contributed by atoms with Crippen molar-refractivity contribution < 1.29 is 0 Å². The lowest BCUT2D eigenvalue weighted by molar-refractivity contribution is 0.0998. The van der Waals surface area contributed by atoms with Gasteiger partial charge in [-0.25, -0.2) is 4.98 Å². The van der Waals surface area contributed by atoms with Crippen molar-refractivity contribution in [1.82, 2.24) is 10.3 Å². The van der Waals surface area contributed by atoms with Gasteiger partial charge in [-0.05, 0) is 49.9 Å². The van der Waals surface area contributed by atoms with Crippen LogP contribution in [0, 0.1) is 23.7 Å². The van der Waals surface area contributed by atoms with E-state index in [0.29, 0.717) is 22.9 Å². The number of thiazole rings is 1. The van der Waals surface area contributed by atoms with Crippen molar-refractivity contribution in [1.29, 1.82) is 0 Å². The lowest BCUT2D eigenvalue weighted by Crippen LogP contribution is -2.51. The number of aromatic nitrogens is 1. The van der Waals surface area contributed by atoms with Gasteiger partial charge in [0.1, 0.15) is 0 Å². The van der Waals surface area contributed by atoms with E-state index in [1.165, 1.54) is 30.0 Å². The average molecular weight is 278 g/mol. The van der Waals surface area contributed by atoms with Crippen molar-refractivity contribution >= 4 is 11.3 Å². The van der Waals surface area contributed by atoms with Crippen LogP contribution in [0.25, 0.3) is 0 Å². The maximum Gasteiger partial charge on any atom is 0.0898 e. The fraction of sp³-hybridized carbons (Fsp3) is 0.812. The molecule has 2 aliphatic rings. The normalized spacial score (nSPS) is 37.7. The molecule has 0 amide bonds. The minimum atomic E-state index is 0.366. The first kappa shape index (κ1) is 13.6. The Morgan fingerprint density at radius 1 is 1.42 bits per heavy atom. The van der Waals surface area contributed by atoms with Crippen LogP contribution in [0.1, 0.15) is 63.7 Å². The molecule has 1 N–H and O–H groups in total. The Bertz CT molecular complexity index is 474. The summed E-state index contributed by atoms with van der Waals surface area (Å²) < 4.78 is 0. The van der Waals surface area contributed by atoms with E-state index in [1.54, 1.807) is 11.3 Å². The van der Waals surface area contributed by atoms with Crippen LogP contribution in [-0.4, -0.2) is 11.0 Å². The highest BCUT2D eigenvalue weighted by Gasteiger charge is 2.59. The lowest BCUT2D eigenvalue weighted by Gasteiger charge is -2.44. The summed E-state index contributed by atoms with van der Waals surface area (Å²) >= 11 is 1.75. The first-order valence-electron chi connectivity index (χ1n) is 7.51. The van der Waals surface area contributed by atoms with Gasteiger partial charge in [-0.2, -0.15) is 0 Å². The van der Waals surface area contributed by atoms with Crippen LogP contribution in [0.3, 0.4) is 0 Å². The third-order valence-electron chi connectivity index (χ3n) is 5.77. The molecule has 3 heteroatoms. The highest BCUT2D eigenvalue weighted by atomic mass is 32.1. The Morgan fingerprint density at radius 3 is 2.68 bits per heavy atom. The summed E-state index contributed by atoms with van der Waals surface area (Å²) in [7, 11) is 0. The maximum absolute atomic E-state index is 4.64. The van der Waals surface area contributed by atoms with E-state index >= 15 is 0 Å². The smallest absolute Gasteiger partial charge is 0.0898 e. The van der Waals surface area contributed by atoms with E-state index in [-0.39, 0.29) is 0 Å². The second kappa shape index (κ2) is 4.29. The highest BCUT2D eigenvalue weighted by Crippen LogP contribution is 2.62. The predicted octanol–water partition coefficient (Wildman–Crippen LogP) is 4.32. The van der Waals surface area contributed by atoms with Gasteiger partial charge in [-0.3, -0.25) is 0 Å². The number of hydrogen-bond donors (Lipinski definition) is 1. The largest absolute Gasteiger partial charge is 0.305 e. The van der Waals surface area contributed by atoms with E-state index in [2.05, 4.69) is 50.3 Å². The molecule has 0 saturated heterocycles. The van der Waals surface area contributed by atoms with E-state index in [4.69, 9.17) is 0 Å². The minimum Gasteiger partial charge on any atom is -0.305 e. The standard InChI is InChI=1S/C16H26N2S/c1-10(13-9-19-11(2)18-13)17-14-15(3,4)12-6-7-16(14,5)8-12/h9-10,12,14,17H,6-8H2,1-5H3. The fourth-order valence-electron chi connectivity index (χ4n) is 4.63. The zero-order valence-corrected chi connectivity index (χ0v) is 13.6. The Hall–Kier alpha value is -0.410. The second-order valence-electron chi connectivity index (χ2n) is 7.53. The average Bonchev–Trinajstić information content (AvgIpc) is 2.96. The van der Waals surface area contributed by atoms with Crippen LogP contribution in [-0.2, 0) is 0 Å². The molecular formula is C16H26N2S. The van der Waals surface area contributed by atoms with Gasteiger partial charge in [0.2, 0.25) is 0 Å². The van der Waals surface area contributed by atoms with Crippen molar-refractivity contribution in [3.05, 3.63) is 16.1 Å². The number of rotatable bonds is 3. The molecule has 0 radical (unpaired) electrons. The number of nitrogens with one attached hydrogen (secondary N) is 1. The Kier molecular flexibility index (Phi) is 3.06. The molecule has 1 aromatic rings. The van der Waals surface area contributed by atoms with Gasteiger partial charge in [-0.1, -0.05) is 20.8 Å². The second-order valence-corrected chi connectivity index (χ2v) is 8.59. The Morgan fingerprint density at radius 2 is 2.16 bits per heavy atom. The number of hydrogen-bond acceptors (Lipinski definition) is 3. The molecule has 2 bridgehead atoms. The molecule has 0 aromatic carbocycles. The van der Waals surface area contributed by atoms with E-state index in [0.717, 1.165) is 5.92 Å². The zero-order chi connectivity index (χ0) is 13.8. The monoisotopic (exact) mass is 278 g/mol. The highest BCUT2D eigenvalue weighted by molar-refractivity contribution is 7.09. The molecule has 1 heterocycles. The molecule has 2 nitrogen and oxygen atoms in total. The van der Waals surface area contributed by atoms with Crippen LogP contribution in [0.15, 0.2) is 5.38 Å². The molecule has 2 saturated carbocycles. The van der Waals surface area contributed by atoms with Gasteiger partial charge in [0.05, 0.1) is 10.7 Å². The molecule has 4 atom stereocenters. The van der Waals surface area contributed by atoms with Crippen molar-refractivity contribution in [2.24, 2.45) is 16.7 Å². The molecule has 19 heavy (non-hydrogen) atoms. The zero-order valence-electron chi connectivity index (χ0n) is 12.8. The molecule has 3 rings (SSSR count). The van der Waals surface area contributed by atoms with Gasteiger partial charge in [0, 0.05) is 17.5 Å². The van der Waals surface area contributed by atoms with E-state index < -0.39 is 0 Å². The minimum absolute atomic E-state index is 0.366. The lowest BCUT2D eigenvalue weighted by atomic mass is 9.68. The summed E-state index contributed by atoms with van der Waals surface area (Å²) in [5, 5.41) is 7.29. The van der Waals surface area contributed by atoms with Crippen molar-refractivity contribution in [2.45, 2.75) is 66.0 Å². The third-order valence-corrected chi connectivity index (χ3v) is 6.56. The fourth-order valence-corrected chi connectivity index (χ4v) is 5.34. The summed E-state index contributed by atoms with van der Waals surface area (Å²) in [6, 6.07) is 0.987. The molecule has 2 fully saturated rings. The van der Waals surface area contributed by atoms with Crippen molar-refractivity contribution in [2.75, 3.05) is 0 Å². The number of aryl methyl sites for hydroxylation is 1. The summed E-state index contributed by atoms with van der Waals surface area (Å²) in [5.74, 6) is 0.902. The van der Waals surface area contributed by atoms with Crippen LogP contribution < -0.4 is 5.32 Å². The van der Waals surface area contributed by atoms with Gasteiger partial charge >= 0.3 is 0 Å². The summed E-state index contributed by atoms with van der Waals surface area (Å²) in [6.07, 6.45) is 4.22. The summed E-state index contributed by atoms with van der Waals surface area (Å²) in [5.41, 5.74) is 2.13.